The van der Waals surface area contributed by atoms with Crippen molar-refractivity contribution in [2.24, 2.45) is 11.8 Å². The van der Waals surface area contributed by atoms with E-state index >= 15 is 0 Å². The van der Waals surface area contributed by atoms with Crippen LogP contribution < -0.4 is 4.90 Å². The summed E-state index contributed by atoms with van der Waals surface area (Å²) >= 11 is 0. The number of fused-ring (bicyclic) bond motifs is 2. The molecule has 1 spiro atoms. The molecule has 1 N–H and O–H groups in total. The lowest BCUT2D eigenvalue weighted by molar-refractivity contribution is -0.192. The Morgan fingerprint density at radius 2 is 1.65 bits per heavy atom. The highest BCUT2D eigenvalue weighted by atomic mass is 19.4. The molecule has 3 aliphatic rings. The van der Waals surface area contributed by atoms with Gasteiger partial charge in [-0.3, -0.25) is 9.59 Å². The number of hydrogen-bond acceptors (Lipinski definition) is 6. The summed E-state index contributed by atoms with van der Waals surface area (Å²) in [6.45, 7) is 2.88. The number of likely N-dealkylation sites (tertiary alicyclic amines) is 2. The summed E-state index contributed by atoms with van der Waals surface area (Å²) in [5.74, 6) is -1.41. The number of carbonyl (C=O) groups excluding carboxylic acids is 2. The minimum absolute atomic E-state index is 0.00891. The van der Waals surface area contributed by atoms with Crippen LogP contribution in [-0.4, -0.2) is 87.6 Å². The minimum Gasteiger partial charge on any atom is -0.475 e. The van der Waals surface area contributed by atoms with E-state index in [-0.39, 0.29) is 29.2 Å². The van der Waals surface area contributed by atoms with Crippen LogP contribution in [0.4, 0.5) is 19.1 Å². The molecular formula is C25H28F3N5O4. The van der Waals surface area contributed by atoms with Crippen LogP contribution in [0.2, 0.25) is 0 Å². The molecule has 1 aromatic heterocycles. The highest BCUT2D eigenvalue weighted by molar-refractivity contribution is 5.85. The van der Waals surface area contributed by atoms with Crippen LogP contribution in [0.15, 0.2) is 48.8 Å². The number of aliphatic carboxylic acids is 1. The lowest BCUT2D eigenvalue weighted by Crippen LogP contribution is -2.56. The van der Waals surface area contributed by atoms with Crippen molar-refractivity contribution in [2.45, 2.75) is 31.0 Å². The van der Waals surface area contributed by atoms with E-state index in [2.05, 4.69) is 14.9 Å². The zero-order chi connectivity index (χ0) is 26.8. The van der Waals surface area contributed by atoms with Gasteiger partial charge < -0.3 is 19.8 Å². The van der Waals surface area contributed by atoms with Crippen LogP contribution in [0.1, 0.15) is 18.4 Å². The van der Waals surface area contributed by atoms with Gasteiger partial charge in [0.15, 0.2) is 0 Å². The van der Waals surface area contributed by atoms with E-state index in [9.17, 15) is 22.8 Å². The van der Waals surface area contributed by atoms with Crippen molar-refractivity contribution in [2.75, 3.05) is 38.1 Å². The first-order chi connectivity index (χ1) is 17.5. The summed E-state index contributed by atoms with van der Waals surface area (Å²) in [6.07, 6.45) is 0.516. The van der Waals surface area contributed by atoms with Crippen LogP contribution in [0.5, 0.6) is 0 Å². The summed E-state index contributed by atoms with van der Waals surface area (Å²) in [6, 6.07) is 11.7. The number of nitrogens with zero attached hydrogens (tertiary/aromatic N) is 5. The second kappa shape index (κ2) is 10.3. The predicted molar refractivity (Wildman–Crippen MR) is 126 cm³/mol. The fourth-order valence-electron chi connectivity index (χ4n) is 5.67. The van der Waals surface area contributed by atoms with Crippen molar-refractivity contribution < 1.29 is 32.7 Å². The smallest absolute Gasteiger partial charge is 0.475 e. The van der Waals surface area contributed by atoms with E-state index < -0.39 is 12.1 Å². The SMILES string of the molecule is CN1C(=O)[C@H]2CN(c3ncccn3)C[C@H]2C12CCN(C(=O)Cc1ccccc1)CC2.O=C(O)C(F)(F)F. The predicted octanol–water partition coefficient (Wildman–Crippen LogP) is 2.24. The maximum atomic E-state index is 13.1. The molecule has 2 aromatic rings. The molecule has 3 aliphatic heterocycles. The van der Waals surface area contributed by atoms with Gasteiger partial charge in [0.25, 0.3) is 0 Å². The molecule has 5 rings (SSSR count). The molecule has 0 aliphatic carbocycles. The second-order valence-electron chi connectivity index (χ2n) is 9.51. The van der Waals surface area contributed by atoms with Gasteiger partial charge in [-0.05, 0) is 24.5 Å². The lowest BCUT2D eigenvalue weighted by Gasteiger charge is -2.46. The zero-order valence-electron chi connectivity index (χ0n) is 20.3. The number of rotatable bonds is 3. The van der Waals surface area contributed by atoms with Crippen LogP contribution in [0.25, 0.3) is 0 Å². The molecule has 198 valence electrons. The minimum atomic E-state index is -5.08. The number of amides is 2. The standard InChI is InChI=1S/C23H27N5O2.C2HF3O2/c1-26-21(30)18-15-28(22-24-10-5-11-25-22)16-19(18)23(26)8-12-27(13-9-23)20(29)14-17-6-3-2-4-7-17;3-2(4,5)1(6)7/h2-7,10-11,18-19H,8-9,12-16H2,1H3;(H,6,7)/t18-,19+;/m0./s1. The lowest BCUT2D eigenvalue weighted by atomic mass is 9.75. The third kappa shape index (κ3) is 5.37. The summed E-state index contributed by atoms with van der Waals surface area (Å²) in [4.78, 5) is 49.6. The molecule has 4 heterocycles. The van der Waals surface area contributed by atoms with Crippen molar-refractivity contribution in [3.05, 3.63) is 54.4 Å². The number of carboxylic acids is 1. The van der Waals surface area contributed by atoms with Gasteiger partial charge in [0.1, 0.15) is 0 Å². The average Bonchev–Trinajstić information content (AvgIpc) is 3.41. The Balaban J connectivity index is 0.000000405. The molecule has 0 radical (unpaired) electrons. The van der Waals surface area contributed by atoms with Gasteiger partial charge >= 0.3 is 12.1 Å². The number of hydrogen-bond donors (Lipinski definition) is 1. The first kappa shape index (κ1) is 26.4. The van der Waals surface area contributed by atoms with E-state index in [1.165, 1.54) is 0 Å². The van der Waals surface area contributed by atoms with Gasteiger partial charge in [0.05, 0.1) is 17.9 Å². The fraction of sp³-hybridized carbons (Fsp3) is 0.480. The van der Waals surface area contributed by atoms with Crippen molar-refractivity contribution in [3.63, 3.8) is 0 Å². The molecule has 37 heavy (non-hydrogen) atoms. The number of alkyl halides is 3. The highest BCUT2D eigenvalue weighted by Gasteiger charge is 2.60. The van der Waals surface area contributed by atoms with E-state index in [1.54, 1.807) is 12.4 Å². The van der Waals surface area contributed by atoms with Gasteiger partial charge in [-0.2, -0.15) is 13.2 Å². The number of anilines is 1. The Bertz CT molecular complexity index is 1120. The highest BCUT2D eigenvalue weighted by Crippen LogP contribution is 2.49. The summed E-state index contributed by atoms with van der Waals surface area (Å²) in [5.41, 5.74) is 0.875. The molecule has 0 bridgehead atoms. The molecule has 9 nitrogen and oxygen atoms in total. The fourth-order valence-corrected chi connectivity index (χ4v) is 5.67. The van der Waals surface area contributed by atoms with Gasteiger partial charge in [-0.25, -0.2) is 14.8 Å². The summed E-state index contributed by atoms with van der Waals surface area (Å²) in [7, 11) is 1.95. The quantitative estimate of drug-likeness (QED) is 0.663. The van der Waals surface area contributed by atoms with Crippen LogP contribution in [-0.2, 0) is 20.8 Å². The number of aromatic nitrogens is 2. The number of benzene rings is 1. The molecule has 1 aromatic carbocycles. The molecule has 2 amide bonds. The first-order valence-corrected chi connectivity index (χ1v) is 11.9. The molecule has 0 saturated carbocycles. The van der Waals surface area contributed by atoms with E-state index in [1.807, 2.05) is 53.2 Å². The average molecular weight is 520 g/mol. The Morgan fingerprint density at radius 1 is 1.05 bits per heavy atom. The van der Waals surface area contributed by atoms with Crippen molar-refractivity contribution >= 4 is 23.7 Å². The van der Waals surface area contributed by atoms with E-state index in [0.29, 0.717) is 32.0 Å². The normalized spacial score (nSPS) is 22.5. The van der Waals surface area contributed by atoms with Gasteiger partial charge in [0.2, 0.25) is 17.8 Å². The Labute approximate surface area is 211 Å². The molecule has 2 atom stereocenters. The monoisotopic (exact) mass is 519 g/mol. The van der Waals surface area contributed by atoms with Gasteiger partial charge in [-0.15, -0.1) is 0 Å². The Morgan fingerprint density at radius 3 is 2.22 bits per heavy atom. The second-order valence-corrected chi connectivity index (χ2v) is 9.51. The number of carbonyl (C=O) groups is 3. The van der Waals surface area contributed by atoms with Crippen molar-refractivity contribution in [1.29, 1.82) is 0 Å². The number of halogens is 3. The van der Waals surface area contributed by atoms with Gasteiger partial charge in [0, 0.05) is 51.5 Å². The maximum Gasteiger partial charge on any atom is 0.490 e. The van der Waals surface area contributed by atoms with Crippen LogP contribution in [0.3, 0.4) is 0 Å². The molecule has 12 heteroatoms. The Kier molecular flexibility index (Phi) is 7.37. The van der Waals surface area contributed by atoms with Crippen LogP contribution >= 0.6 is 0 Å². The Hall–Kier alpha value is -3.70. The molecular weight excluding hydrogens is 491 g/mol. The molecule has 3 fully saturated rings. The van der Waals surface area contributed by atoms with Crippen LogP contribution in [0, 0.1) is 11.8 Å². The third-order valence-corrected chi connectivity index (χ3v) is 7.58. The summed E-state index contributed by atoms with van der Waals surface area (Å²) < 4.78 is 31.7. The van der Waals surface area contributed by atoms with Gasteiger partial charge in [-0.1, -0.05) is 30.3 Å². The van der Waals surface area contributed by atoms with E-state index in [0.717, 1.165) is 24.9 Å². The first-order valence-electron chi connectivity index (χ1n) is 11.9. The molecule has 3 saturated heterocycles. The summed E-state index contributed by atoms with van der Waals surface area (Å²) in [5, 5.41) is 7.12. The third-order valence-electron chi connectivity index (χ3n) is 7.58. The van der Waals surface area contributed by atoms with E-state index in [4.69, 9.17) is 9.90 Å². The number of carboxylic acid groups (broad SMARTS) is 1. The van der Waals surface area contributed by atoms with Crippen molar-refractivity contribution in [1.82, 2.24) is 19.8 Å². The zero-order valence-corrected chi connectivity index (χ0v) is 20.3. The van der Waals surface area contributed by atoms with Crippen molar-refractivity contribution in [3.8, 4) is 0 Å². The molecule has 0 unspecified atom stereocenters. The number of piperidine rings is 1. The topological polar surface area (TPSA) is 107 Å². The maximum absolute atomic E-state index is 13.1. The largest absolute Gasteiger partial charge is 0.490 e.